The van der Waals surface area contributed by atoms with E-state index in [0.717, 1.165) is 31.6 Å². The molecule has 1 atom stereocenters. The predicted octanol–water partition coefficient (Wildman–Crippen LogP) is 1.46. The SMILES string of the molecule is CNCC1CCN(C(=O)C2CCN(S(=O)(=O)c3ccc(C)cc3)CC2)C1. The first-order valence-electron chi connectivity index (χ1n) is 9.42. The summed E-state index contributed by atoms with van der Waals surface area (Å²) >= 11 is 0. The Morgan fingerprint density at radius 3 is 2.38 bits per heavy atom. The van der Waals surface area contributed by atoms with Crippen LogP contribution in [0.25, 0.3) is 0 Å². The van der Waals surface area contributed by atoms with Crippen molar-refractivity contribution in [2.24, 2.45) is 11.8 Å². The van der Waals surface area contributed by atoms with Crippen LogP contribution in [-0.2, 0) is 14.8 Å². The molecule has 1 aromatic rings. The average molecular weight is 380 g/mol. The first-order chi connectivity index (χ1) is 12.4. The Morgan fingerprint density at radius 1 is 1.12 bits per heavy atom. The van der Waals surface area contributed by atoms with Crippen molar-refractivity contribution < 1.29 is 13.2 Å². The Balaban J connectivity index is 1.57. The maximum Gasteiger partial charge on any atom is 0.243 e. The van der Waals surface area contributed by atoms with Gasteiger partial charge in [-0.2, -0.15) is 4.31 Å². The fourth-order valence-corrected chi connectivity index (χ4v) is 5.42. The van der Waals surface area contributed by atoms with Crippen LogP contribution in [0.1, 0.15) is 24.8 Å². The highest BCUT2D eigenvalue weighted by Gasteiger charge is 2.35. The minimum absolute atomic E-state index is 0.0483. The standard InChI is InChI=1S/C19H29N3O3S/c1-15-3-5-18(6-4-15)26(24,25)22-11-8-17(9-12-22)19(23)21-10-7-16(14-21)13-20-2/h3-6,16-17,20H,7-14H2,1-2H3. The highest BCUT2D eigenvalue weighted by atomic mass is 32.2. The molecule has 3 rings (SSSR count). The van der Waals surface area contributed by atoms with Crippen molar-refractivity contribution in [3.05, 3.63) is 29.8 Å². The van der Waals surface area contributed by atoms with E-state index in [1.54, 1.807) is 12.1 Å². The van der Waals surface area contributed by atoms with Crippen LogP contribution in [0.5, 0.6) is 0 Å². The summed E-state index contributed by atoms with van der Waals surface area (Å²) in [5, 5.41) is 3.18. The van der Waals surface area contributed by atoms with E-state index in [2.05, 4.69) is 5.32 Å². The summed E-state index contributed by atoms with van der Waals surface area (Å²) < 4.78 is 27.1. The van der Waals surface area contributed by atoms with E-state index >= 15 is 0 Å². The van der Waals surface area contributed by atoms with E-state index < -0.39 is 10.0 Å². The number of likely N-dealkylation sites (tertiary alicyclic amines) is 1. The molecule has 26 heavy (non-hydrogen) atoms. The van der Waals surface area contributed by atoms with Crippen LogP contribution in [0.15, 0.2) is 29.2 Å². The number of aryl methyl sites for hydroxylation is 1. The number of rotatable bonds is 5. The fraction of sp³-hybridized carbons (Fsp3) is 0.632. The molecule has 0 bridgehead atoms. The number of carbonyl (C=O) groups excluding carboxylic acids is 1. The Labute approximate surface area is 156 Å². The minimum atomic E-state index is -3.46. The fourth-order valence-electron chi connectivity index (χ4n) is 3.95. The van der Waals surface area contributed by atoms with Gasteiger partial charge >= 0.3 is 0 Å². The molecule has 1 amide bonds. The average Bonchev–Trinajstić information content (AvgIpc) is 3.10. The molecule has 7 heteroatoms. The molecule has 2 aliphatic rings. The van der Waals surface area contributed by atoms with Crippen LogP contribution in [-0.4, -0.2) is 63.3 Å². The van der Waals surface area contributed by atoms with E-state index in [-0.39, 0.29) is 11.8 Å². The van der Waals surface area contributed by atoms with E-state index in [0.29, 0.717) is 36.7 Å². The molecule has 0 aromatic heterocycles. The predicted molar refractivity (Wildman–Crippen MR) is 101 cm³/mol. The number of nitrogens with zero attached hydrogens (tertiary/aromatic N) is 2. The summed E-state index contributed by atoms with van der Waals surface area (Å²) in [6.45, 7) is 5.36. The van der Waals surface area contributed by atoms with E-state index in [4.69, 9.17) is 0 Å². The Hall–Kier alpha value is -1.44. The minimum Gasteiger partial charge on any atom is -0.342 e. The first-order valence-corrected chi connectivity index (χ1v) is 10.9. The van der Waals surface area contributed by atoms with Gasteiger partial charge in [0.25, 0.3) is 0 Å². The lowest BCUT2D eigenvalue weighted by molar-refractivity contribution is -0.135. The molecule has 0 radical (unpaired) electrons. The van der Waals surface area contributed by atoms with E-state index in [1.165, 1.54) is 4.31 Å². The number of hydrogen-bond acceptors (Lipinski definition) is 4. The lowest BCUT2D eigenvalue weighted by Crippen LogP contribution is -2.44. The van der Waals surface area contributed by atoms with Gasteiger partial charge in [0.15, 0.2) is 0 Å². The lowest BCUT2D eigenvalue weighted by atomic mass is 9.96. The maximum atomic E-state index is 12.8. The molecule has 1 N–H and O–H groups in total. The highest BCUT2D eigenvalue weighted by molar-refractivity contribution is 7.89. The molecule has 6 nitrogen and oxygen atoms in total. The van der Waals surface area contributed by atoms with Crippen LogP contribution in [0.4, 0.5) is 0 Å². The molecule has 1 aromatic carbocycles. The van der Waals surface area contributed by atoms with Gasteiger partial charge in [-0.05, 0) is 57.8 Å². The third kappa shape index (κ3) is 4.10. The molecule has 2 saturated heterocycles. The topological polar surface area (TPSA) is 69.7 Å². The second kappa shape index (κ2) is 8.06. The van der Waals surface area contributed by atoms with Crippen LogP contribution in [0, 0.1) is 18.8 Å². The van der Waals surface area contributed by atoms with Crippen molar-refractivity contribution >= 4 is 15.9 Å². The van der Waals surface area contributed by atoms with Crippen LogP contribution in [0.3, 0.4) is 0 Å². The molecule has 1 unspecified atom stereocenters. The van der Waals surface area contributed by atoms with Gasteiger partial charge in [-0.3, -0.25) is 4.79 Å². The monoisotopic (exact) mass is 379 g/mol. The highest BCUT2D eigenvalue weighted by Crippen LogP contribution is 2.27. The zero-order chi connectivity index (χ0) is 18.7. The molecule has 144 valence electrons. The third-order valence-corrected chi connectivity index (χ3v) is 7.47. The molecule has 0 saturated carbocycles. The number of sulfonamides is 1. The number of piperidine rings is 1. The van der Waals surface area contributed by atoms with Crippen molar-refractivity contribution in [1.29, 1.82) is 0 Å². The van der Waals surface area contributed by atoms with Crippen molar-refractivity contribution in [2.75, 3.05) is 39.8 Å². The van der Waals surface area contributed by atoms with Crippen molar-refractivity contribution in [2.45, 2.75) is 31.1 Å². The van der Waals surface area contributed by atoms with E-state index in [1.807, 2.05) is 31.0 Å². The van der Waals surface area contributed by atoms with Crippen LogP contribution >= 0.6 is 0 Å². The molecule has 2 aliphatic heterocycles. The number of nitrogens with one attached hydrogen (secondary N) is 1. The summed E-state index contributed by atoms with van der Waals surface area (Å²) in [5.41, 5.74) is 1.04. The molecule has 2 heterocycles. The number of benzene rings is 1. The molecular formula is C19H29N3O3S. The maximum absolute atomic E-state index is 12.8. The summed E-state index contributed by atoms with van der Waals surface area (Å²) in [6.07, 6.45) is 2.27. The van der Waals surface area contributed by atoms with Crippen molar-refractivity contribution in [3.8, 4) is 0 Å². The lowest BCUT2D eigenvalue weighted by Gasteiger charge is -2.32. The second-order valence-corrected chi connectivity index (χ2v) is 9.43. The Morgan fingerprint density at radius 2 is 1.77 bits per heavy atom. The first kappa shape index (κ1) is 19.3. The molecule has 0 spiro atoms. The summed E-state index contributed by atoms with van der Waals surface area (Å²) in [6, 6.07) is 6.96. The molecule has 2 fully saturated rings. The third-order valence-electron chi connectivity index (χ3n) is 5.55. The zero-order valence-electron chi connectivity index (χ0n) is 15.6. The van der Waals surface area contributed by atoms with Gasteiger partial charge in [0.2, 0.25) is 15.9 Å². The van der Waals surface area contributed by atoms with Gasteiger partial charge < -0.3 is 10.2 Å². The van der Waals surface area contributed by atoms with Crippen LogP contribution in [0.2, 0.25) is 0 Å². The van der Waals surface area contributed by atoms with E-state index in [9.17, 15) is 13.2 Å². The van der Waals surface area contributed by atoms with Gasteiger partial charge in [0.05, 0.1) is 4.90 Å². The van der Waals surface area contributed by atoms with Gasteiger partial charge in [0, 0.05) is 32.1 Å². The van der Waals surface area contributed by atoms with Gasteiger partial charge in [0.1, 0.15) is 0 Å². The largest absolute Gasteiger partial charge is 0.342 e. The second-order valence-electron chi connectivity index (χ2n) is 7.49. The number of amides is 1. The Kier molecular flexibility index (Phi) is 5.99. The van der Waals surface area contributed by atoms with Gasteiger partial charge in [-0.25, -0.2) is 8.42 Å². The van der Waals surface area contributed by atoms with Gasteiger partial charge in [-0.1, -0.05) is 17.7 Å². The quantitative estimate of drug-likeness (QED) is 0.841. The smallest absolute Gasteiger partial charge is 0.243 e. The summed E-state index contributed by atoms with van der Waals surface area (Å²) in [4.78, 5) is 15.1. The molecule has 0 aliphatic carbocycles. The number of hydrogen-bond donors (Lipinski definition) is 1. The normalized spacial score (nSPS) is 22.7. The number of carbonyl (C=O) groups is 1. The zero-order valence-corrected chi connectivity index (χ0v) is 16.5. The van der Waals surface area contributed by atoms with Crippen LogP contribution < -0.4 is 5.32 Å². The summed E-state index contributed by atoms with van der Waals surface area (Å²) in [7, 11) is -1.52. The van der Waals surface area contributed by atoms with Gasteiger partial charge in [-0.15, -0.1) is 0 Å². The van der Waals surface area contributed by atoms with Crippen molar-refractivity contribution in [3.63, 3.8) is 0 Å². The Bertz CT molecular complexity index is 725. The molecular weight excluding hydrogens is 350 g/mol. The van der Waals surface area contributed by atoms with Crippen molar-refractivity contribution in [1.82, 2.24) is 14.5 Å². The summed E-state index contributed by atoms with van der Waals surface area (Å²) in [5.74, 6) is 0.690.